The van der Waals surface area contributed by atoms with E-state index in [1.807, 2.05) is 24.3 Å². The number of fused-ring (bicyclic) bond motifs is 1. The second-order valence-corrected chi connectivity index (χ2v) is 3.06. The summed E-state index contributed by atoms with van der Waals surface area (Å²) < 4.78 is 1.79. The first-order chi connectivity index (χ1) is 6.27. The lowest BCUT2D eigenvalue weighted by Gasteiger charge is -2.01. The number of ketones is 1. The van der Waals surface area contributed by atoms with Crippen LogP contribution in [0.15, 0.2) is 30.5 Å². The van der Waals surface area contributed by atoms with Crippen molar-refractivity contribution in [2.75, 3.05) is 0 Å². The van der Waals surface area contributed by atoms with E-state index in [0.29, 0.717) is 6.42 Å². The molecule has 0 aromatic carbocycles. The third kappa shape index (κ3) is 1.45. The molecule has 0 bridgehead atoms. The molecule has 0 saturated carbocycles. The lowest BCUT2D eigenvalue weighted by molar-refractivity contribution is -0.116. The van der Waals surface area contributed by atoms with Gasteiger partial charge < -0.3 is 0 Å². The van der Waals surface area contributed by atoms with Crippen LogP contribution < -0.4 is 0 Å². The van der Waals surface area contributed by atoms with E-state index < -0.39 is 0 Å². The fourth-order valence-corrected chi connectivity index (χ4v) is 1.40. The predicted molar refractivity (Wildman–Crippen MR) is 49.6 cm³/mol. The zero-order chi connectivity index (χ0) is 9.26. The molecule has 2 aromatic heterocycles. The summed E-state index contributed by atoms with van der Waals surface area (Å²) in [6.45, 7) is 1.59. The van der Waals surface area contributed by atoms with E-state index in [4.69, 9.17) is 0 Å². The van der Waals surface area contributed by atoms with Crippen LogP contribution in [-0.2, 0) is 11.2 Å². The Morgan fingerprint density at radius 2 is 2.31 bits per heavy atom. The van der Waals surface area contributed by atoms with E-state index in [1.165, 1.54) is 0 Å². The Morgan fingerprint density at radius 3 is 3.08 bits per heavy atom. The maximum Gasteiger partial charge on any atom is 0.135 e. The summed E-state index contributed by atoms with van der Waals surface area (Å²) >= 11 is 0. The highest BCUT2D eigenvalue weighted by Crippen LogP contribution is 2.06. The highest BCUT2D eigenvalue weighted by atomic mass is 16.1. The highest BCUT2D eigenvalue weighted by Gasteiger charge is 2.02. The van der Waals surface area contributed by atoms with Crippen LogP contribution in [0.5, 0.6) is 0 Å². The van der Waals surface area contributed by atoms with Gasteiger partial charge in [0.15, 0.2) is 0 Å². The van der Waals surface area contributed by atoms with E-state index in [9.17, 15) is 4.79 Å². The molecule has 0 N–H and O–H groups in total. The summed E-state index contributed by atoms with van der Waals surface area (Å²) in [6.07, 6.45) is 2.18. The third-order valence-corrected chi connectivity index (χ3v) is 1.93. The molecule has 0 aliphatic carbocycles. The van der Waals surface area contributed by atoms with E-state index in [1.54, 1.807) is 17.6 Å². The number of nitrogens with zero attached hydrogens (tertiary/aromatic N) is 2. The second kappa shape index (κ2) is 3.01. The van der Waals surface area contributed by atoms with Crippen LogP contribution in [0.2, 0.25) is 0 Å². The Hall–Kier alpha value is -1.64. The number of hydrogen-bond donors (Lipinski definition) is 0. The van der Waals surface area contributed by atoms with Gasteiger partial charge in [-0.2, -0.15) is 5.10 Å². The number of carbonyl (C=O) groups excluding carboxylic acids is 1. The first kappa shape index (κ1) is 7.98. The summed E-state index contributed by atoms with van der Waals surface area (Å²) in [5.41, 5.74) is 1.97. The number of hydrogen-bond acceptors (Lipinski definition) is 2. The lowest BCUT2D eigenvalue weighted by Crippen LogP contribution is -2.03. The van der Waals surface area contributed by atoms with Crippen LogP contribution in [0, 0.1) is 0 Å². The summed E-state index contributed by atoms with van der Waals surface area (Å²) in [5.74, 6) is 0.156. The predicted octanol–water partition coefficient (Wildman–Crippen LogP) is 1.47. The summed E-state index contributed by atoms with van der Waals surface area (Å²) in [5, 5.41) is 4.14. The van der Waals surface area contributed by atoms with Gasteiger partial charge in [-0.3, -0.25) is 4.79 Å². The van der Waals surface area contributed by atoms with Gasteiger partial charge in [-0.15, -0.1) is 0 Å². The Labute approximate surface area is 76.0 Å². The van der Waals surface area contributed by atoms with Gasteiger partial charge in [0.2, 0.25) is 0 Å². The first-order valence-electron chi connectivity index (χ1n) is 4.18. The van der Waals surface area contributed by atoms with Crippen molar-refractivity contribution in [2.24, 2.45) is 0 Å². The van der Waals surface area contributed by atoms with Crippen LogP contribution in [-0.4, -0.2) is 15.4 Å². The fourth-order valence-electron chi connectivity index (χ4n) is 1.40. The molecule has 13 heavy (non-hydrogen) atoms. The molecule has 0 aliphatic rings. The van der Waals surface area contributed by atoms with Crippen molar-refractivity contribution in [1.82, 2.24) is 9.61 Å². The molecule has 0 fully saturated rings. The standard InChI is InChI=1S/C10H10N2O/c1-8(13)7-10-4-2-3-9-5-6-11-12(9)10/h2-6H,7H2,1H3. The minimum atomic E-state index is 0.156. The molecule has 3 heteroatoms. The van der Waals surface area contributed by atoms with Crippen molar-refractivity contribution in [3.63, 3.8) is 0 Å². The molecule has 0 radical (unpaired) electrons. The maximum absolute atomic E-state index is 10.9. The average Bonchev–Trinajstić information content (AvgIpc) is 2.51. The van der Waals surface area contributed by atoms with Gasteiger partial charge in [0, 0.05) is 18.3 Å². The van der Waals surface area contributed by atoms with Crippen molar-refractivity contribution >= 4 is 11.3 Å². The fraction of sp³-hybridized carbons (Fsp3) is 0.200. The molecule has 0 atom stereocenters. The molecule has 0 spiro atoms. The normalized spacial score (nSPS) is 10.5. The maximum atomic E-state index is 10.9. The van der Waals surface area contributed by atoms with Crippen LogP contribution >= 0.6 is 0 Å². The number of pyridine rings is 1. The van der Waals surface area contributed by atoms with Gasteiger partial charge >= 0.3 is 0 Å². The summed E-state index contributed by atoms with van der Waals surface area (Å²) in [6, 6.07) is 7.75. The van der Waals surface area contributed by atoms with Crippen molar-refractivity contribution < 1.29 is 4.79 Å². The Morgan fingerprint density at radius 1 is 1.46 bits per heavy atom. The summed E-state index contributed by atoms with van der Waals surface area (Å²) in [7, 11) is 0. The van der Waals surface area contributed by atoms with Crippen LogP contribution in [0.1, 0.15) is 12.6 Å². The molecule has 2 aromatic rings. The van der Waals surface area contributed by atoms with Crippen molar-refractivity contribution in [2.45, 2.75) is 13.3 Å². The smallest absolute Gasteiger partial charge is 0.135 e. The molecule has 0 aliphatic heterocycles. The van der Waals surface area contributed by atoms with Gasteiger partial charge in [0.05, 0.1) is 5.52 Å². The van der Waals surface area contributed by atoms with Gasteiger partial charge in [0.1, 0.15) is 5.78 Å². The number of carbonyl (C=O) groups is 1. The molecule has 2 heterocycles. The van der Waals surface area contributed by atoms with Crippen LogP contribution in [0.25, 0.3) is 5.52 Å². The van der Waals surface area contributed by atoms with Crippen LogP contribution in [0.4, 0.5) is 0 Å². The third-order valence-electron chi connectivity index (χ3n) is 1.93. The SMILES string of the molecule is CC(=O)Cc1cccc2ccnn12. The Kier molecular flexibility index (Phi) is 1.85. The van der Waals surface area contributed by atoms with Crippen molar-refractivity contribution in [3.8, 4) is 0 Å². The lowest BCUT2D eigenvalue weighted by atomic mass is 10.2. The molecule has 0 saturated heterocycles. The van der Waals surface area contributed by atoms with E-state index in [-0.39, 0.29) is 5.78 Å². The monoisotopic (exact) mass is 174 g/mol. The van der Waals surface area contributed by atoms with Crippen LogP contribution in [0.3, 0.4) is 0 Å². The van der Waals surface area contributed by atoms with Gasteiger partial charge in [-0.1, -0.05) is 6.07 Å². The topological polar surface area (TPSA) is 34.4 Å². The molecule has 66 valence electrons. The zero-order valence-corrected chi connectivity index (χ0v) is 7.40. The first-order valence-corrected chi connectivity index (χ1v) is 4.18. The van der Waals surface area contributed by atoms with E-state index >= 15 is 0 Å². The summed E-state index contributed by atoms with van der Waals surface area (Å²) in [4.78, 5) is 10.9. The number of aromatic nitrogens is 2. The zero-order valence-electron chi connectivity index (χ0n) is 7.40. The minimum absolute atomic E-state index is 0.156. The average molecular weight is 174 g/mol. The van der Waals surface area contributed by atoms with E-state index in [2.05, 4.69) is 5.10 Å². The molecule has 3 nitrogen and oxygen atoms in total. The van der Waals surface area contributed by atoms with Gasteiger partial charge in [-0.25, -0.2) is 4.52 Å². The van der Waals surface area contributed by atoms with Crippen molar-refractivity contribution in [3.05, 3.63) is 36.2 Å². The largest absolute Gasteiger partial charge is 0.300 e. The molecule has 0 amide bonds. The van der Waals surface area contributed by atoms with Gasteiger partial charge in [0.25, 0.3) is 0 Å². The van der Waals surface area contributed by atoms with Crippen molar-refractivity contribution in [1.29, 1.82) is 0 Å². The molecule has 0 unspecified atom stereocenters. The number of Topliss-reactive ketones (excluding diaryl/α,β-unsaturated/α-hetero) is 1. The van der Waals surface area contributed by atoms with E-state index in [0.717, 1.165) is 11.2 Å². The molecular weight excluding hydrogens is 164 g/mol. The van der Waals surface area contributed by atoms with Gasteiger partial charge in [-0.05, 0) is 25.1 Å². The molecule has 2 rings (SSSR count). The Balaban J connectivity index is 2.54. The highest BCUT2D eigenvalue weighted by molar-refractivity contribution is 5.78. The Bertz CT molecular complexity index is 445. The second-order valence-electron chi connectivity index (χ2n) is 3.06. The number of rotatable bonds is 2. The molecular formula is C10H10N2O. The minimum Gasteiger partial charge on any atom is -0.300 e. The quantitative estimate of drug-likeness (QED) is 0.690.